The van der Waals surface area contributed by atoms with Gasteiger partial charge in [-0.2, -0.15) is 0 Å². The van der Waals surface area contributed by atoms with Crippen molar-refractivity contribution in [3.05, 3.63) is 12.2 Å². The van der Waals surface area contributed by atoms with Gasteiger partial charge >= 0.3 is 0 Å². The lowest BCUT2D eigenvalue weighted by atomic mass is 9.93. The Morgan fingerprint density at radius 1 is 1.20 bits per heavy atom. The maximum atomic E-state index is 12.1. The molecule has 0 aromatic rings. The van der Waals surface area contributed by atoms with Crippen LogP contribution in [0.1, 0.15) is 38.5 Å². The first-order valence-corrected chi connectivity index (χ1v) is 8.05. The van der Waals surface area contributed by atoms with Crippen molar-refractivity contribution in [3.8, 4) is 0 Å². The van der Waals surface area contributed by atoms with Crippen LogP contribution in [0.15, 0.2) is 12.2 Å². The molecule has 3 aliphatic rings. The van der Waals surface area contributed by atoms with Crippen LogP contribution in [-0.4, -0.2) is 31.2 Å². The maximum Gasteiger partial charge on any atom is 0.223 e. The van der Waals surface area contributed by atoms with Crippen molar-refractivity contribution < 1.29 is 9.53 Å². The largest absolute Gasteiger partial charge is 0.376 e. The number of hydrogen-bond donors (Lipinski definition) is 2. The standard InChI is InChI=1S/C16H26N2O2/c17-13-3-5-14(6-4-13)20-8-7-18-16(19)15-10-11-1-2-12(15)9-11/h1-2,11-15H,3-10,17H2,(H,18,19). The molecule has 0 saturated heterocycles. The normalized spacial score (nSPS) is 39.1. The Bertz CT molecular complexity index is 375. The summed E-state index contributed by atoms with van der Waals surface area (Å²) < 4.78 is 5.82. The first-order valence-electron chi connectivity index (χ1n) is 8.05. The van der Waals surface area contributed by atoms with Crippen molar-refractivity contribution in [3.63, 3.8) is 0 Å². The van der Waals surface area contributed by atoms with Gasteiger partial charge in [0, 0.05) is 18.5 Å². The molecule has 0 heterocycles. The molecule has 0 aromatic heterocycles. The first-order chi connectivity index (χ1) is 9.72. The van der Waals surface area contributed by atoms with E-state index < -0.39 is 0 Å². The molecule has 20 heavy (non-hydrogen) atoms. The van der Waals surface area contributed by atoms with Crippen LogP contribution in [0.3, 0.4) is 0 Å². The van der Waals surface area contributed by atoms with Crippen molar-refractivity contribution in [1.82, 2.24) is 5.32 Å². The number of carbonyl (C=O) groups is 1. The van der Waals surface area contributed by atoms with Crippen molar-refractivity contribution in [2.45, 2.75) is 50.7 Å². The van der Waals surface area contributed by atoms with Crippen molar-refractivity contribution in [2.75, 3.05) is 13.2 Å². The van der Waals surface area contributed by atoms with E-state index in [0.29, 0.717) is 37.1 Å². The maximum absolute atomic E-state index is 12.1. The highest BCUT2D eigenvalue weighted by atomic mass is 16.5. The summed E-state index contributed by atoms with van der Waals surface area (Å²) in [5.74, 6) is 1.56. The van der Waals surface area contributed by atoms with Gasteiger partial charge in [0.15, 0.2) is 0 Å². The number of rotatable bonds is 5. The molecule has 1 amide bonds. The molecule has 3 unspecified atom stereocenters. The fraction of sp³-hybridized carbons (Fsp3) is 0.812. The summed E-state index contributed by atoms with van der Waals surface area (Å²) in [5, 5.41) is 3.04. The van der Waals surface area contributed by atoms with Gasteiger partial charge in [0.2, 0.25) is 5.91 Å². The Hall–Kier alpha value is -0.870. The average molecular weight is 278 g/mol. The number of nitrogens with two attached hydrogens (primary N) is 1. The van der Waals surface area contributed by atoms with E-state index >= 15 is 0 Å². The second-order valence-corrected chi connectivity index (χ2v) is 6.59. The number of nitrogens with one attached hydrogen (secondary N) is 1. The van der Waals surface area contributed by atoms with E-state index in [-0.39, 0.29) is 11.8 Å². The third-order valence-corrected chi connectivity index (χ3v) is 5.09. The minimum atomic E-state index is 0.206. The molecule has 2 bridgehead atoms. The summed E-state index contributed by atoms with van der Waals surface area (Å²) in [6.07, 6.45) is 11.3. The van der Waals surface area contributed by atoms with Gasteiger partial charge in [-0.1, -0.05) is 12.2 Å². The Labute approximate surface area is 121 Å². The SMILES string of the molecule is NC1CCC(OCCNC(=O)C2CC3C=CC2C3)CC1. The summed E-state index contributed by atoms with van der Waals surface area (Å²) in [6, 6.07) is 0.361. The van der Waals surface area contributed by atoms with E-state index in [0.717, 1.165) is 32.1 Å². The molecule has 112 valence electrons. The Balaban J connectivity index is 1.30. The molecule has 0 aliphatic heterocycles. The average Bonchev–Trinajstić information content (AvgIpc) is 3.08. The fourth-order valence-corrected chi connectivity index (χ4v) is 3.87. The van der Waals surface area contributed by atoms with Gasteiger partial charge in [-0.15, -0.1) is 0 Å². The Morgan fingerprint density at radius 2 is 2.00 bits per heavy atom. The Kier molecular flexibility index (Phi) is 4.41. The van der Waals surface area contributed by atoms with Crippen LogP contribution >= 0.6 is 0 Å². The molecular weight excluding hydrogens is 252 g/mol. The van der Waals surface area contributed by atoms with Crippen molar-refractivity contribution >= 4 is 5.91 Å². The number of fused-ring (bicyclic) bond motifs is 2. The molecule has 3 aliphatic carbocycles. The van der Waals surface area contributed by atoms with Crippen molar-refractivity contribution in [2.24, 2.45) is 23.5 Å². The zero-order valence-electron chi connectivity index (χ0n) is 12.1. The van der Waals surface area contributed by atoms with E-state index in [1.165, 1.54) is 6.42 Å². The lowest BCUT2D eigenvalue weighted by molar-refractivity contribution is -0.126. The van der Waals surface area contributed by atoms with Crippen LogP contribution < -0.4 is 11.1 Å². The quantitative estimate of drug-likeness (QED) is 0.593. The molecule has 3 atom stereocenters. The molecule has 3 N–H and O–H groups in total. The van der Waals surface area contributed by atoms with Gasteiger partial charge in [0.05, 0.1) is 12.7 Å². The third kappa shape index (κ3) is 3.23. The zero-order valence-corrected chi connectivity index (χ0v) is 12.1. The monoisotopic (exact) mass is 278 g/mol. The number of ether oxygens (including phenoxy) is 1. The molecule has 0 spiro atoms. The molecule has 0 radical (unpaired) electrons. The summed E-state index contributed by atoms with van der Waals surface area (Å²) in [7, 11) is 0. The highest BCUT2D eigenvalue weighted by molar-refractivity contribution is 5.79. The van der Waals surface area contributed by atoms with Crippen LogP contribution in [0, 0.1) is 17.8 Å². The number of carbonyl (C=O) groups excluding carboxylic acids is 1. The summed E-state index contributed by atoms with van der Waals surface area (Å²) >= 11 is 0. The smallest absolute Gasteiger partial charge is 0.223 e. The van der Waals surface area contributed by atoms with Gasteiger partial charge in [-0.05, 0) is 50.4 Å². The second kappa shape index (κ2) is 6.27. The zero-order chi connectivity index (χ0) is 13.9. The highest BCUT2D eigenvalue weighted by Crippen LogP contribution is 2.43. The predicted molar refractivity (Wildman–Crippen MR) is 78.0 cm³/mol. The minimum Gasteiger partial charge on any atom is -0.376 e. The minimum absolute atomic E-state index is 0.206. The van der Waals surface area contributed by atoms with Gasteiger partial charge in [-0.3, -0.25) is 4.79 Å². The van der Waals surface area contributed by atoms with Crippen LogP contribution in [0.5, 0.6) is 0 Å². The molecule has 3 rings (SSSR count). The van der Waals surface area contributed by atoms with E-state index in [1.807, 2.05) is 0 Å². The van der Waals surface area contributed by atoms with Gasteiger partial charge in [0.25, 0.3) is 0 Å². The van der Waals surface area contributed by atoms with Crippen LogP contribution in [0.25, 0.3) is 0 Å². The lowest BCUT2D eigenvalue weighted by Crippen LogP contribution is -2.36. The van der Waals surface area contributed by atoms with Crippen LogP contribution in [0.4, 0.5) is 0 Å². The van der Waals surface area contributed by atoms with E-state index in [1.54, 1.807) is 0 Å². The molecule has 4 heteroatoms. The van der Waals surface area contributed by atoms with Gasteiger partial charge in [0.1, 0.15) is 0 Å². The number of hydrogen-bond acceptors (Lipinski definition) is 3. The highest BCUT2D eigenvalue weighted by Gasteiger charge is 2.39. The van der Waals surface area contributed by atoms with E-state index in [9.17, 15) is 4.79 Å². The second-order valence-electron chi connectivity index (χ2n) is 6.59. The summed E-state index contributed by atoms with van der Waals surface area (Å²) in [6.45, 7) is 1.27. The topological polar surface area (TPSA) is 64.3 Å². The van der Waals surface area contributed by atoms with Gasteiger partial charge in [-0.25, -0.2) is 0 Å². The summed E-state index contributed by atoms with van der Waals surface area (Å²) in [4.78, 5) is 12.1. The van der Waals surface area contributed by atoms with E-state index in [2.05, 4.69) is 17.5 Å². The van der Waals surface area contributed by atoms with Crippen LogP contribution in [0.2, 0.25) is 0 Å². The van der Waals surface area contributed by atoms with Gasteiger partial charge < -0.3 is 15.8 Å². The molecule has 4 nitrogen and oxygen atoms in total. The molecular formula is C16H26N2O2. The van der Waals surface area contributed by atoms with Crippen molar-refractivity contribution in [1.29, 1.82) is 0 Å². The number of allylic oxidation sites excluding steroid dienone is 2. The predicted octanol–water partition coefficient (Wildman–Crippen LogP) is 1.60. The first kappa shape index (κ1) is 14.1. The third-order valence-electron chi connectivity index (χ3n) is 5.09. The fourth-order valence-electron chi connectivity index (χ4n) is 3.87. The molecule has 0 aromatic carbocycles. The Morgan fingerprint density at radius 3 is 2.65 bits per heavy atom. The molecule has 2 fully saturated rings. The summed E-state index contributed by atoms with van der Waals surface area (Å²) in [5.41, 5.74) is 5.87. The molecule has 2 saturated carbocycles. The van der Waals surface area contributed by atoms with E-state index in [4.69, 9.17) is 10.5 Å². The van der Waals surface area contributed by atoms with Crippen LogP contribution in [-0.2, 0) is 9.53 Å². The lowest BCUT2D eigenvalue weighted by Gasteiger charge is -2.26. The number of amides is 1.